The van der Waals surface area contributed by atoms with E-state index >= 15 is 8.78 Å². The molecule has 2 aromatic carbocycles. The Hall–Kier alpha value is -5.97. The van der Waals surface area contributed by atoms with E-state index in [9.17, 15) is 44.3 Å². The number of hydrogen-bond acceptors (Lipinski definition) is 9. The Bertz CT molecular complexity index is 2850. The average molecular weight is 883 g/mol. The van der Waals surface area contributed by atoms with E-state index < -0.39 is 112 Å². The Balaban J connectivity index is 1.34. The summed E-state index contributed by atoms with van der Waals surface area (Å²) in [5.41, 5.74) is -4.05. The fourth-order valence-corrected chi connectivity index (χ4v) is 8.35. The van der Waals surface area contributed by atoms with Crippen LogP contribution in [0, 0.1) is 17.6 Å². The molecule has 1 saturated carbocycles. The average Bonchev–Trinajstić information content (AvgIpc) is 3.68. The number of rotatable bonds is 13. The quantitative estimate of drug-likeness (QED) is 0.131. The highest BCUT2D eigenvalue weighted by Gasteiger charge is 2.67. The van der Waals surface area contributed by atoms with Gasteiger partial charge in [0.15, 0.2) is 5.82 Å². The van der Waals surface area contributed by atoms with E-state index in [1.807, 2.05) is 0 Å². The van der Waals surface area contributed by atoms with E-state index in [1.54, 1.807) is 0 Å². The number of nitrogens with zero attached hydrogens (tertiary/aromatic N) is 8. The van der Waals surface area contributed by atoms with Crippen molar-refractivity contribution in [1.82, 2.24) is 44.4 Å². The molecule has 6 aromatic rings. The second-order valence-electron chi connectivity index (χ2n) is 14.1. The van der Waals surface area contributed by atoms with Gasteiger partial charge in [-0.3, -0.25) is 38.2 Å². The molecule has 2 aliphatic rings. The summed E-state index contributed by atoms with van der Waals surface area (Å²) in [5, 5.41) is 9.74. The van der Waals surface area contributed by atoms with Crippen LogP contribution in [0.4, 0.5) is 40.9 Å². The van der Waals surface area contributed by atoms with Gasteiger partial charge in [-0.15, -0.1) is 0 Å². The zero-order chi connectivity index (χ0) is 43.0. The summed E-state index contributed by atoms with van der Waals surface area (Å²) >= 11 is 6.49. The molecule has 314 valence electrons. The van der Waals surface area contributed by atoms with Gasteiger partial charge in [0, 0.05) is 42.4 Å². The lowest BCUT2D eigenvalue weighted by atomic mass is 10.0. The summed E-state index contributed by atoms with van der Waals surface area (Å²) in [6.07, 6.45) is -2.44. The largest absolute Gasteiger partial charge is 0.344 e. The third-order valence-electron chi connectivity index (χ3n) is 9.90. The second-order valence-corrected chi connectivity index (χ2v) is 16.3. The predicted octanol–water partition coefficient (Wildman–Crippen LogP) is 6.05. The number of benzene rings is 2. The van der Waals surface area contributed by atoms with Crippen LogP contribution in [-0.2, 0) is 40.3 Å². The fraction of sp³-hybridized carbons (Fsp3) is 0.306. The summed E-state index contributed by atoms with van der Waals surface area (Å²) in [5.74, 6) is -9.97. The van der Waals surface area contributed by atoms with Crippen molar-refractivity contribution in [1.29, 1.82) is 0 Å². The monoisotopic (exact) mass is 882 g/mol. The van der Waals surface area contributed by atoms with Crippen molar-refractivity contribution in [2.45, 2.75) is 56.7 Å². The Kier molecular flexibility index (Phi) is 10.2. The van der Waals surface area contributed by atoms with E-state index in [0.717, 1.165) is 29.0 Å². The first-order chi connectivity index (χ1) is 28.3. The zero-order valence-corrected chi connectivity index (χ0v) is 32.0. The molecule has 0 unspecified atom stereocenters. The predicted molar refractivity (Wildman–Crippen MR) is 197 cm³/mol. The normalized spacial score (nSPS) is 17.3. The van der Waals surface area contributed by atoms with Gasteiger partial charge in [-0.1, -0.05) is 11.6 Å². The number of alkyl halides is 6. The fourth-order valence-electron chi connectivity index (χ4n) is 7.62. The third kappa shape index (κ3) is 7.54. The van der Waals surface area contributed by atoms with Crippen LogP contribution >= 0.6 is 11.6 Å². The van der Waals surface area contributed by atoms with Gasteiger partial charge in [-0.2, -0.15) is 19.0 Å². The van der Waals surface area contributed by atoms with Gasteiger partial charge in [0.05, 0.1) is 45.8 Å². The van der Waals surface area contributed by atoms with Crippen molar-refractivity contribution in [3.63, 3.8) is 0 Å². The highest BCUT2D eigenvalue weighted by atomic mass is 35.5. The second kappa shape index (κ2) is 14.9. The molecule has 8 rings (SSSR count). The summed E-state index contributed by atoms with van der Waals surface area (Å²) in [6, 6.07) is 3.99. The first kappa shape index (κ1) is 40.8. The molecule has 0 saturated heterocycles. The first-order valence-electron chi connectivity index (χ1n) is 17.7. The number of sulfonamides is 1. The molecular formula is C36H27ClF8N10O4S. The number of aromatic nitrogens is 8. The number of anilines is 1. The zero-order valence-electron chi connectivity index (χ0n) is 30.4. The number of amides is 1. The van der Waals surface area contributed by atoms with Gasteiger partial charge in [0.2, 0.25) is 15.9 Å². The van der Waals surface area contributed by atoms with Gasteiger partial charge < -0.3 is 5.32 Å². The van der Waals surface area contributed by atoms with Crippen LogP contribution in [0.15, 0.2) is 59.8 Å². The van der Waals surface area contributed by atoms with E-state index in [2.05, 4.69) is 35.2 Å². The maximum Gasteiger partial charge on any atom is 0.293 e. The molecule has 4 aromatic heterocycles. The van der Waals surface area contributed by atoms with Crippen molar-refractivity contribution in [2.75, 3.05) is 11.0 Å². The Labute approximate surface area is 337 Å². The SMILES string of the molecule is CS(=O)(=O)Nc1nn(CC(F)F)c2c(-n3c([C@H](Cc4cc(F)cc(F)c4)NC(=O)Cn4nc(C(F)F)c5c4C(F)(F)[C@@H]4C[C@H]54)nc(-c4cnccn4)cc3=O)ccc(Cl)c12. The molecule has 2 N–H and O–H groups in total. The molecule has 0 aliphatic heterocycles. The summed E-state index contributed by atoms with van der Waals surface area (Å²) in [6.45, 7) is -2.23. The van der Waals surface area contributed by atoms with E-state index in [-0.39, 0.29) is 50.5 Å². The molecule has 24 heteroatoms. The van der Waals surface area contributed by atoms with Crippen LogP contribution in [0.1, 0.15) is 53.1 Å². The molecule has 0 radical (unpaired) electrons. The summed E-state index contributed by atoms with van der Waals surface area (Å²) in [4.78, 5) is 41.1. The van der Waals surface area contributed by atoms with Crippen LogP contribution in [0.3, 0.4) is 0 Å². The molecule has 3 atom stereocenters. The van der Waals surface area contributed by atoms with Gasteiger partial charge >= 0.3 is 0 Å². The topological polar surface area (TPSA) is 172 Å². The summed E-state index contributed by atoms with van der Waals surface area (Å²) in [7, 11) is -4.11. The standard InChI is InChI=1S/C36H27ClF8N10O4S/c1-60(58,59)52-34-29-20(37)2-3-24(31(29)53(51-34)13-25(40)41)55-27(57)11-21(23-12-46-4-5-47-23)49-35(55)22(8-15-6-16(38)9-17(39)7-15)48-26(56)14-54-32-28(30(50-54)33(42)43)18-10-19(18)36(32,44)45/h2-7,9,11-12,18-19,22,25,33H,8,10,13-14H2,1H3,(H,48,56)(H,51,52)/t18-,19+,22-/m0/s1. The van der Waals surface area contributed by atoms with Gasteiger partial charge in [0.25, 0.3) is 24.3 Å². The Morgan fingerprint density at radius 3 is 2.40 bits per heavy atom. The molecular weight excluding hydrogens is 856 g/mol. The van der Waals surface area contributed by atoms with Crippen LogP contribution in [0.2, 0.25) is 5.02 Å². The molecule has 14 nitrogen and oxygen atoms in total. The lowest BCUT2D eigenvalue weighted by molar-refractivity contribution is -0.123. The highest BCUT2D eigenvalue weighted by molar-refractivity contribution is 7.92. The van der Waals surface area contributed by atoms with Crippen molar-refractivity contribution >= 4 is 44.3 Å². The Morgan fingerprint density at radius 2 is 1.75 bits per heavy atom. The highest BCUT2D eigenvalue weighted by Crippen LogP contribution is 2.68. The van der Waals surface area contributed by atoms with E-state index in [0.29, 0.717) is 15.4 Å². The van der Waals surface area contributed by atoms with Gasteiger partial charge in [-0.25, -0.2) is 39.7 Å². The summed E-state index contributed by atoms with van der Waals surface area (Å²) < 4.78 is 145. The van der Waals surface area contributed by atoms with Crippen LogP contribution < -0.4 is 15.6 Å². The van der Waals surface area contributed by atoms with Crippen molar-refractivity contribution in [2.24, 2.45) is 5.92 Å². The third-order valence-corrected chi connectivity index (χ3v) is 10.8. The van der Waals surface area contributed by atoms with Crippen molar-refractivity contribution in [3.05, 3.63) is 110 Å². The molecule has 1 amide bonds. The first-order valence-corrected chi connectivity index (χ1v) is 19.9. The van der Waals surface area contributed by atoms with Crippen LogP contribution in [0.25, 0.3) is 28.0 Å². The number of fused-ring (bicyclic) bond motifs is 4. The number of nitrogens with one attached hydrogen (secondary N) is 2. The maximum absolute atomic E-state index is 15.4. The molecule has 4 heterocycles. The van der Waals surface area contributed by atoms with Crippen LogP contribution in [-0.4, -0.2) is 66.1 Å². The number of carbonyl (C=O) groups is 1. The minimum absolute atomic E-state index is 0.000870. The van der Waals surface area contributed by atoms with E-state index in [4.69, 9.17) is 11.6 Å². The number of carbonyl (C=O) groups excluding carboxylic acids is 1. The molecule has 2 aliphatic carbocycles. The number of halogens is 9. The van der Waals surface area contributed by atoms with E-state index in [1.165, 1.54) is 30.7 Å². The maximum atomic E-state index is 15.4. The van der Waals surface area contributed by atoms with Crippen molar-refractivity contribution < 1.29 is 48.3 Å². The van der Waals surface area contributed by atoms with Gasteiger partial charge in [0.1, 0.15) is 47.6 Å². The molecule has 60 heavy (non-hydrogen) atoms. The van der Waals surface area contributed by atoms with Gasteiger partial charge in [-0.05, 0) is 42.2 Å². The lowest BCUT2D eigenvalue weighted by Gasteiger charge is -2.24. The van der Waals surface area contributed by atoms with Crippen LogP contribution in [0.5, 0.6) is 0 Å². The lowest BCUT2D eigenvalue weighted by Crippen LogP contribution is -2.38. The minimum atomic E-state index is -4.11. The molecule has 0 spiro atoms. The molecule has 0 bridgehead atoms. The molecule has 1 fully saturated rings. The Morgan fingerprint density at radius 1 is 1.02 bits per heavy atom. The number of hydrogen-bond donors (Lipinski definition) is 2. The minimum Gasteiger partial charge on any atom is -0.344 e. The smallest absolute Gasteiger partial charge is 0.293 e. The van der Waals surface area contributed by atoms with Crippen molar-refractivity contribution in [3.8, 4) is 17.1 Å².